The van der Waals surface area contributed by atoms with Crippen molar-refractivity contribution in [3.63, 3.8) is 0 Å². The molecular weight excluding hydrogens is 202 g/mol. The molecule has 16 heavy (non-hydrogen) atoms. The molecule has 0 heterocycles. The molecule has 0 atom stereocenters. The molecule has 1 saturated carbocycles. The topological polar surface area (TPSA) is 30.5 Å². The van der Waals surface area contributed by atoms with Crippen LogP contribution < -0.4 is 5.32 Å². The molecule has 0 spiro atoms. The number of nitrogens with one attached hydrogen (secondary N) is 1. The molecule has 0 unspecified atom stereocenters. The zero-order chi connectivity index (χ0) is 11.5. The van der Waals surface area contributed by atoms with Crippen LogP contribution in [-0.2, 0) is 9.47 Å². The number of hydrogen-bond donors (Lipinski definition) is 1. The molecule has 1 rings (SSSR count). The molecule has 0 bridgehead atoms. The van der Waals surface area contributed by atoms with Gasteiger partial charge in [0.05, 0.1) is 6.61 Å². The lowest BCUT2D eigenvalue weighted by molar-refractivity contribution is 0.107. The van der Waals surface area contributed by atoms with Gasteiger partial charge in [-0.1, -0.05) is 19.3 Å². The second-order valence-electron chi connectivity index (χ2n) is 4.50. The molecule has 0 amide bonds. The molecule has 0 aromatic heterocycles. The molecule has 1 N–H and O–H groups in total. The van der Waals surface area contributed by atoms with Gasteiger partial charge in [0.1, 0.15) is 0 Å². The van der Waals surface area contributed by atoms with Crippen molar-refractivity contribution in [1.82, 2.24) is 5.32 Å². The third-order valence-electron chi connectivity index (χ3n) is 3.16. The Kier molecular flexibility index (Phi) is 8.77. The van der Waals surface area contributed by atoms with Gasteiger partial charge in [0.15, 0.2) is 0 Å². The molecule has 0 saturated heterocycles. The summed E-state index contributed by atoms with van der Waals surface area (Å²) in [6, 6.07) is 0. The van der Waals surface area contributed by atoms with Crippen LogP contribution in [0.5, 0.6) is 0 Å². The molecule has 3 nitrogen and oxygen atoms in total. The van der Waals surface area contributed by atoms with E-state index in [-0.39, 0.29) is 0 Å². The number of ether oxygens (including phenoxy) is 2. The van der Waals surface area contributed by atoms with Crippen molar-refractivity contribution >= 4 is 0 Å². The first kappa shape index (κ1) is 13.9. The van der Waals surface area contributed by atoms with Crippen molar-refractivity contribution in [2.45, 2.75) is 39.0 Å². The summed E-state index contributed by atoms with van der Waals surface area (Å²) in [6.07, 6.45) is 6.66. The van der Waals surface area contributed by atoms with Gasteiger partial charge in [0.25, 0.3) is 0 Å². The Morgan fingerprint density at radius 2 is 1.94 bits per heavy atom. The monoisotopic (exact) mass is 229 g/mol. The van der Waals surface area contributed by atoms with Gasteiger partial charge in [-0.25, -0.2) is 0 Å². The quantitative estimate of drug-likeness (QED) is 0.551. The highest BCUT2D eigenvalue weighted by molar-refractivity contribution is 4.68. The van der Waals surface area contributed by atoms with E-state index in [0.717, 1.165) is 51.9 Å². The Morgan fingerprint density at radius 3 is 2.62 bits per heavy atom. The fraction of sp³-hybridized carbons (Fsp3) is 1.00. The lowest BCUT2D eigenvalue weighted by Crippen LogP contribution is -2.22. The Labute approximate surface area is 99.9 Å². The second kappa shape index (κ2) is 10.1. The van der Waals surface area contributed by atoms with E-state index in [1.54, 1.807) is 0 Å². The molecule has 1 aliphatic rings. The van der Waals surface area contributed by atoms with Crippen LogP contribution in [-0.4, -0.2) is 39.5 Å². The Morgan fingerprint density at radius 1 is 1.06 bits per heavy atom. The van der Waals surface area contributed by atoms with Crippen molar-refractivity contribution in [2.75, 3.05) is 39.5 Å². The Hall–Kier alpha value is -0.120. The fourth-order valence-corrected chi connectivity index (χ4v) is 1.85. The molecular formula is C13H27NO2. The zero-order valence-electron chi connectivity index (χ0n) is 10.7. The van der Waals surface area contributed by atoms with Gasteiger partial charge in [-0.05, 0) is 32.2 Å². The van der Waals surface area contributed by atoms with Crippen LogP contribution in [0.25, 0.3) is 0 Å². The average molecular weight is 229 g/mol. The van der Waals surface area contributed by atoms with Gasteiger partial charge >= 0.3 is 0 Å². The molecule has 0 radical (unpaired) electrons. The van der Waals surface area contributed by atoms with Crippen molar-refractivity contribution in [1.29, 1.82) is 0 Å². The molecule has 96 valence electrons. The third-order valence-corrected chi connectivity index (χ3v) is 3.16. The smallest absolute Gasteiger partial charge is 0.0590 e. The summed E-state index contributed by atoms with van der Waals surface area (Å²) in [4.78, 5) is 0. The van der Waals surface area contributed by atoms with E-state index in [1.165, 1.54) is 25.7 Å². The molecule has 0 aromatic carbocycles. The maximum Gasteiger partial charge on any atom is 0.0590 e. The van der Waals surface area contributed by atoms with Crippen molar-refractivity contribution < 1.29 is 9.47 Å². The first-order valence-corrected chi connectivity index (χ1v) is 6.79. The molecule has 0 aliphatic heterocycles. The van der Waals surface area contributed by atoms with Gasteiger partial charge in [0, 0.05) is 26.4 Å². The lowest BCUT2D eigenvalue weighted by atomic mass is 9.83. The SMILES string of the molecule is CCOCCCNCCOCCC1CCC1. The predicted octanol–water partition coefficient (Wildman–Crippen LogP) is 2.21. The highest BCUT2D eigenvalue weighted by atomic mass is 16.5. The number of rotatable bonds is 11. The summed E-state index contributed by atoms with van der Waals surface area (Å²) < 4.78 is 10.8. The van der Waals surface area contributed by atoms with Crippen LogP contribution >= 0.6 is 0 Å². The number of hydrogen-bond acceptors (Lipinski definition) is 3. The van der Waals surface area contributed by atoms with Gasteiger partial charge in [-0.15, -0.1) is 0 Å². The average Bonchev–Trinajstić information content (AvgIpc) is 2.23. The largest absolute Gasteiger partial charge is 0.382 e. The molecule has 0 aromatic rings. The van der Waals surface area contributed by atoms with E-state index in [0.29, 0.717) is 0 Å². The van der Waals surface area contributed by atoms with Crippen LogP contribution in [0.4, 0.5) is 0 Å². The van der Waals surface area contributed by atoms with E-state index in [2.05, 4.69) is 5.32 Å². The van der Waals surface area contributed by atoms with Crippen LogP contribution in [0.3, 0.4) is 0 Å². The first-order valence-electron chi connectivity index (χ1n) is 6.79. The zero-order valence-corrected chi connectivity index (χ0v) is 10.7. The van der Waals surface area contributed by atoms with E-state index < -0.39 is 0 Å². The van der Waals surface area contributed by atoms with Gasteiger partial charge in [-0.3, -0.25) is 0 Å². The fourth-order valence-electron chi connectivity index (χ4n) is 1.85. The van der Waals surface area contributed by atoms with Crippen LogP contribution in [0.15, 0.2) is 0 Å². The standard InChI is InChI=1S/C13H27NO2/c1-2-15-10-4-8-14-9-12-16-11-7-13-5-3-6-13/h13-14H,2-12H2,1H3. The Balaban J connectivity index is 1.65. The summed E-state index contributed by atoms with van der Waals surface area (Å²) in [6.45, 7) is 7.52. The van der Waals surface area contributed by atoms with Gasteiger partial charge in [-0.2, -0.15) is 0 Å². The summed E-state index contributed by atoms with van der Waals surface area (Å²) >= 11 is 0. The van der Waals surface area contributed by atoms with Crippen molar-refractivity contribution in [3.05, 3.63) is 0 Å². The third kappa shape index (κ3) is 7.20. The van der Waals surface area contributed by atoms with Gasteiger partial charge in [0.2, 0.25) is 0 Å². The normalized spacial score (nSPS) is 16.3. The minimum absolute atomic E-state index is 0.824. The van der Waals surface area contributed by atoms with Crippen LogP contribution in [0, 0.1) is 5.92 Å². The summed E-state index contributed by atoms with van der Waals surface area (Å²) in [7, 11) is 0. The van der Waals surface area contributed by atoms with E-state index in [4.69, 9.17) is 9.47 Å². The van der Waals surface area contributed by atoms with E-state index >= 15 is 0 Å². The minimum Gasteiger partial charge on any atom is -0.382 e. The van der Waals surface area contributed by atoms with Crippen LogP contribution in [0.1, 0.15) is 39.0 Å². The van der Waals surface area contributed by atoms with Gasteiger partial charge < -0.3 is 14.8 Å². The highest BCUT2D eigenvalue weighted by Crippen LogP contribution is 2.28. The van der Waals surface area contributed by atoms with Crippen LogP contribution in [0.2, 0.25) is 0 Å². The minimum atomic E-state index is 0.824. The first-order chi connectivity index (χ1) is 7.93. The highest BCUT2D eigenvalue weighted by Gasteiger charge is 2.16. The predicted molar refractivity (Wildman–Crippen MR) is 66.8 cm³/mol. The van der Waals surface area contributed by atoms with Crippen molar-refractivity contribution in [2.24, 2.45) is 5.92 Å². The van der Waals surface area contributed by atoms with Crippen molar-refractivity contribution in [3.8, 4) is 0 Å². The maximum absolute atomic E-state index is 5.57. The Bertz CT molecular complexity index is 149. The molecule has 3 heteroatoms. The lowest BCUT2D eigenvalue weighted by Gasteiger charge is -2.24. The summed E-state index contributed by atoms with van der Waals surface area (Å²) in [5.74, 6) is 0.971. The molecule has 1 aliphatic carbocycles. The van der Waals surface area contributed by atoms with E-state index in [1.807, 2.05) is 6.92 Å². The molecule has 1 fully saturated rings. The maximum atomic E-state index is 5.57. The summed E-state index contributed by atoms with van der Waals surface area (Å²) in [5, 5.41) is 3.36. The second-order valence-corrected chi connectivity index (χ2v) is 4.50. The summed E-state index contributed by atoms with van der Waals surface area (Å²) in [5.41, 5.74) is 0. The van der Waals surface area contributed by atoms with E-state index in [9.17, 15) is 0 Å².